The molecule has 2 nitrogen and oxygen atoms in total. The molecule has 1 heterocycles. The van der Waals surface area contributed by atoms with Crippen molar-refractivity contribution in [3.63, 3.8) is 0 Å². The summed E-state index contributed by atoms with van der Waals surface area (Å²) in [5.41, 5.74) is -0.451. The van der Waals surface area contributed by atoms with E-state index in [1.165, 1.54) is 0 Å². The number of aliphatic hydroxyl groups is 1. The van der Waals surface area contributed by atoms with Crippen LogP contribution in [0.5, 0.6) is 0 Å². The van der Waals surface area contributed by atoms with Crippen LogP contribution in [0.4, 0.5) is 0 Å². The first-order valence-corrected chi connectivity index (χ1v) is 4.82. The van der Waals surface area contributed by atoms with Crippen molar-refractivity contribution in [3.05, 3.63) is 0 Å². The Balaban J connectivity index is 2.80. The van der Waals surface area contributed by atoms with Gasteiger partial charge >= 0.3 is 0 Å². The fourth-order valence-electron chi connectivity index (χ4n) is 2.07. The first-order chi connectivity index (χ1) is 5.27. The lowest BCUT2D eigenvalue weighted by atomic mass is 9.78. The van der Waals surface area contributed by atoms with Crippen LogP contribution in [0, 0.1) is 5.92 Å². The molecular formula is C10H22NO+. The second kappa shape index (κ2) is 2.71. The van der Waals surface area contributed by atoms with Gasteiger partial charge < -0.3 is 9.59 Å². The minimum absolute atomic E-state index is 0.390. The zero-order valence-electron chi connectivity index (χ0n) is 8.96. The molecule has 0 bridgehead atoms. The minimum Gasteiger partial charge on any atom is -0.389 e. The molecule has 2 heteroatoms. The predicted octanol–water partition coefficient (Wildman–Crippen LogP) is 1.24. The fourth-order valence-corrected chi connectivity index (χ4v) is 2.07. The van der Waals surface area contributed by atoms with E-state index in [2.05, 4.69) is 27.9 Å². The van der Waals surface area contributed by atoms with Gasteiger partial charge in [0.05, 0.1) is 32.3 Å². The summed E-state index contributed by atoms with van der Waals surface area (Å²) < 4.78 is 1.04. The van der Waals surface area contributed by atoms with Crippen LogP contribution in [0.25, 0.3) is 0 Å². The topological polar surface area (TPSA) is 20.2 Å². The molecule has 1 rings (SSSR count). The van der Waals surface area contributed by atoms with Gasteiger partial charge in [-0.15, -0.1) is 0 Å². The molecule has 3 atom stereocenters. The van der Waals surface area contributed by atoms with Crippen LogP contribution in [-0.2, 0) is 0 Å². The summed E-state index contributed by atoms with van der Waals surface area (Å²) in [6.45, 7) is 7.44. The number of likely N-dealkylation sites (tertiary alicyclic amines) is 1. The van der Waals surface area contributed by atoms with Gasteiger partial charge in [0.1, 0.15) is 0 Å². The van der Waals surface area contributed by atoms with E-state index < -0.39 is 5.60 Å². The third kappa shape index (κ3) is 1.50. The summed E-state index contributed by atoms with van der Waals surface area (Å²) in [5, 5.41) is 10.0. The van der Waals surface area contributed by atoms with Gasteiger partial charge in [0.15, 0.2) is 0 Å². The van der Waals surface area contributed by atoms with E-state index in [0.717, 1.165) is 17.4 Å². The Labute approximate surface area is 75.8 Å². The highest BCUT2D eigenvalue weighted by atomic mass is 16.3. The summed E-state index contributed by atoms with van der Waals surface area (Å²) in [7, 11) is 4.49. The number of piperidine rings is 1. The molecule has 12 heavy (non-hydrogen) atoms. The normalized spacial score (nSPS) is 47.5. The van der Waals surface area contributed by atoms with Crippen molar-refractivity contribution >= 4 is 0 Å². The van der Waals surface area contributed by atoms with Gasteiger partial charge in [0.2, 0.25) is 0 Å². The number of hydrogen-bond donors (Lipinski definition) is 1. The Morgan fingerprint density at radius 2 is 1.83 bits per heavy atom. The molecule has 0 amide bonds. The molecule has 0 aromatic heterocycles. The molecule has 0 aromatic carbocycles. The molecule has 1 aliphatic rings. The minimum atomic E-state index is -0.451. The Kier molecular flexibility index (Phi) is 2.26. The van der Waals surface area contributed by atoms with Crippen molar-refractivity contribution in [3.8, 4) is 0 Å². The molecule has 1 fully saturated rings. The van der Waals surface area contributed by atoms with Crippen LogP contribution >= 0.6 is 0 Å². The first-order valence-electron chi connectivity index (χ1n) is 4.82. The Morgan fingerprint density at radius 1 is 1.33 bits per heavy atom. The molecular weight excluding hydrogens is 150 g/mol. The standard InChI is InChI=1S/C10H22NO/c1-8-9(2)11(4,5)7-6-10(8,3)12/h8-9,12H,6-7H2,1-5H3/q+1. The third-order valence-electron chi connectivity index (χ3n) is 4.00. The highest BCUT2D eigenvalue weighted by molar-refractivity contribution is 4.86. The summed E-state index contributed by atoms with van der Waals surface area (Å²) in [6.07, 6.45) is 0.922. The summed E-state index contributed by atoms with van der Waals surface area (Å²) in [6, 6.07) is 0.550. The monoisotopic (exact) mass is 172 g/mol. The van der Waals surface area contributed by atoms with E-state index in [-0.39, 0.29) is 0 Å². The molecule has 0 aliphatic carbocycles. The quantitative estimate of drug-likeness (QED) is 0.545. The van der Waals surface area contributed by atoms with Crippen LogP contribution in [0.15, 0.2) is 0 Å². The largest absolute Gasteiger partial charge is 0.389 e. The second-order valence-electron chi connectivity index (χ2n) is 5.14. The van der Waals surface area contributed by atoms with E-state index >= 15 is 0 Å². The zero-order chi connectivity index (χ0) is 9.57. The zero-order valence-corrected chi connectivity index (χ0v) is 8.96. The molecule has 3 unspecified atom stereocenters. The van der Waals surface area contributed by atoms with Gasteiger partial charge in [0.25, 0.3) is 0 Å². The Bertz CT molecular complexity index is 155. The van der Waals surface area contributed by atoms with Crippen molar-refractivity contribution in [2.45, 2.75) is 38.8 Å². The molecule has 1 aliphatic heterocycles. The second-order valence-corrected chi connectivity index (χ2v) is 5.14. The third-order valence-corrected chi connectivity index (χ3v) is 4.00. The van der Waals surface area contributed by atoms with Crippen LogP contribution in [0.2, 0.25) is 0 Å². The maximum Gasteiger partial charge on any atom is 0.0911 e. The Hall–Kier alpha value is -0.0800. The molecule has 1 N–H and O–H groups in total. The summed E-state index contributed by atoms with van der Waals surface area (Å²) >= 11 is 0. The highest BCUT2D eigenvalue weighted by Crippen LogP contribution is 2.34. The molecule has 0 aromatic rings. The number of quaternary nitrogens is 1. The van der Waals surface area contributed by atoms with Gasteiger partial charge in [-0.1, -0.05) is 6.92 Å². The summed E-state index contributed by atoms with van der Waals surface area (Å²) in [4.78, 5) is 0. The maximum atomic E-state index is 10.0. The maximum absolute atomic E-state index is 10.0. The van der Waals surface area contributed by atoms with Gasteiger partial charge in [-0.25, -0.2) is 0 Å². The fraction of sp³-hybridized carbons (Fsp3) is 1.00. The number of hydrogen-bond acceptors (Lipinski definition) is 1. The number of nitrogens with zero attached hydrogens (tertiary/aromatic N) is 1. The molecule has 72 valence electrons. The van der Waals surface area contributed by atoms with Gasteiger partial charge in [-0.05, 0) is 13.8 Å². The van der Waals surface area contributed by atoms with E-state index in [1.54, 1.807) is 0 Å². The smallest absolute Gasteiger partial charge is 0.0911 e. The molecule has 0 spiro atoms. The lowest BCUT2D eigenvalue weighted by Gasteiger charge is -2.49. The molecule has 0 radical (unpaired) electrons. The van der Waals surface area contributed by atoms with Crippen LogP contribution in [-0.4, -0.2) is 41.9 Å². The lowest BCUT2D eigenvalue weighted by Crippen LogP contribution is -2.61. The first kappa shape index (κ1) is 10.0. The van der Waals surface area contributed by atoms with E-state index in [0.29, 0.717) is 12.0 Å². The lowest BCUT2D eigenvalue weighted by molar-refractivity contribution is -0.924. The highest BCUT2D eigenvalue weighted by Gasteiger charge is 2.45. The van der Waals surface area contributed by atoms with Crippen molar-refractivity contribution in [2.75, 3.05) is 20.6 Å². The van der Waals surface area contributed by atoms with Crippen LogP contribution in [0.1, 0.15) is 27.2 Å². The summed E-state index contributed by atoms with van der Waals surface area (Å²) in [5.74, 6) is 0.390. The number of rotatable bonds is 0. The van der Waals surface area contributed by atoms with Crippen LogP contribution < -0.4 is 0 Å². The average Bonchev–Trinajstić information content (AvgIpc) is 1.96. The van der Waals surface area contributed by atoms with Crippen molar-refractivity contribution in [2.24, 2.45) is 5.92 Å². The van der Waals surface area contributed by atoms with Gasteiger partial charge in [-0.2, -0.15) is 0 Å². The van der Waals surface area contributed by atoms with E-state index in [1.807, 2.05) is 6.92 Å². The van der Waals surface area contributed by atoms with E-state index in [9.17, 15) is 5.11 Å². The molecule has 1 saturated heterocycles. The van der Waals surface area contributed by atoms with Crippen molar-refractivity contribution < 1.29 is 9.59 Å². The van der Waals surface area contributed by atoms with Gasteiger partial charge in [-0.3, -0.25) is 0 Å². The van der Waals surface area contributed by atoms with Crippen molar-refractivity contribution in [1.82, 2.24) is 0 Å². The molecule has 0 saturated carbocycles. The van der Waals surface area contributed by atoms with E-state index in [4.69, 9.17) is 0 Å². The Morgan fingerprint density at radius 3 is 2.25 bits per heavy atom. The van der Waals surface area contributed by atoms with Gasteiger partial charge in [0, 0.05) is 12.3 Å². The van der Waals surface area contributed by atoms with Crippen molar-refractivity contribution in [1.29, 1.82) is 0 Å². The predicted molar refractivity (Wildman–Crippen MR) is 50.8 cm³/mol. The van der Waals surface area contributed by atoms with Crippen LogP contribution in [0.3, 0.4) is 0 Å². The average molecular weight is 172 g/mol. The SMILES string of the molecule is CC1C(C)[N+](C)(C)CCC1(C)O.